The van der Waals surface area contributed by atoms with Gasteiger partial charge in [-0.2, -0.15) is 0 Å². The Morgan fingerprint density at radius 3 is 2.72 bits per heavy atom. The summed E-state index contributed by atoms with van der Waals surface area (Å²) in [6, 6.07) is 8.24. The van der Waals surface area contributed by atoms with Gasteiger partial charge in [-0.3, -0.25) is 4.90 Å². The van der Waals surface area contributed by atoms with E-state index >= 15 is 0 Å². The highest BCUT2D eigenvalue weighted by Crippen LogP contribution is 2.33. The van der Waals surface area contributed by atoms with Gasteiger partial charge in [-0.1, -0.05) is 6.07 Å². The summed E-state index contributed by atoms with van der Waals surface area (Å²) in [5.74, 6) is 0.935. The van der Waals surface area contributed by atoms with Crippen LogP contribution in [-0.2, 0) is 0 Å². The van der Waals surface area contributed by atoms with Gasteiger partial charge in [0.25, 0.3) is 0 Å². The Bertz CT molecular complexity index is 491. The van der Waals surface area contributed by atoms with Crippen LogP contribution < -0.4 is 5.32 Å². The van der Waals surface area contributed by atoms with E-state index < -0.39 is 0 Å². The smallest absolute Gasteiger partial charge is 0.193 e. The maximum absolute atomic E-state index is 5.91. The second-order valence-corrected chi connectivity index (χ2v) is 5.70. The van der Waals surface area contributed by atoms with E-state index in [1.165, 1.54) is 4.88 Å². The Morgan fingerprint density at radius 2 is 2.11 bits per heavy atom. The van der Waals surface area contributed by atoms with Crippen LogP contribution in [0.5, 0.6) is 0 Å². The quantitative estimate of drug-likeness (QED) is 0.938. The van der Waals surface area contributed by atoms with E-state index in [2.05, 4.69) is 27.7 Å². The molecule has 0 amide bonds. The number of furan rings is 1. The van der Waals surface area contributed by atoms with E-state index in [0.717, 1.165) is 31.9 Å². The molecule has 96 valence electrons. The van der Waals surface area contributed by atoms with Gasteiger partial charge in [0.2, 0.25) is 0 Å². The third-order valence-corrected chi connectivity index (χ3v) is 4.32. The first-order valence-corrected chi connectivity index (χ1v) is 7.34. The summed E-state index contributed by atoms with van der Waals surface area (Å²) in [7, 11) is 0. The van der Waals surface area contributed by atoms with Gasteiger partial charge in [-0.05, 0) is 35.2 Å². The van der Waals surface area contributed by atoms with Gasteiger partial charge in [0.05, 0.1) is 0 Å². The minimum Gasteiger partial charge on any atom is -0.448 e. The van der Waals surface area contributed by atoms with E-state index in [4.69, 9.17) is 16.0 Å². The van der Waals surface area contributed by atoms with Crippen LogP contribution in [0, 0.1) is 0 Å². The minimum absolute atomic E-state index is 0.194. The van der Waals surface area contributed by atoms with E-state index in [1.807, 2.05) is 12.1 Å². The zero-order valence-corrected chi connectivity index (χ0v) is 11.5. The third kappa shape index (κ3) is 2.47. The highest BCUT2D eigenvalue weighted by molar-refractivity contribution is 7.10. The lowest BCUT2D eigenvalue weighted by atomic mass is 10.1. The number of piperazine rings is 1. The molecule has 5 heteroatoms. The molecule has 1 N–H and O–H groups in total. The molecule has 3 nitrogen and oxygen atoms in total. The van der Waals surface area contributed by atoms with E-state index in [0.29, 0.717) is 5.22 Å². The van der Waals surface area contributed by atoms with Crippen LogP contribution in [0.3, 0.4) is 0 Å². The number of halogens is 1. The number of hydrogen-bond donors (Lipinski definition) is 1. The van der Waals surface area contributed by atoms with Crippen LogP contribution in [0.1, 0.15) is 16.7 Å². The maximum Gasteiger partial charge on any atom is 0.193 e. The van der Waals surface area contributed by atoms with Crippen molar-refractivity contribution in [3.05, 3.63) is 45.5 Å². The molecular formula is C13H15ClN2OS. The molecule has 2 aromatic rings. The van der Waals surface area contributed by atoms with Crippen LogP contribution in [0.2, 0.25) is 5.22 Å². The Hall–Kier alpha value is -0.810. The van der Waals surface area contributed by atoms with Gasteiger partial charge in [-0.15, -0.1) is 11.3 Å². The lowest BCUT2D eigenvalue weighted by Gasteiger charge is -2.33. The minimum atomic E-state index is 0.194. The molecule has 0 spiro atoms. The molecule has 2 aromatic heterocycles. The molecule has 1 fully saturated rings. The fourth-order valence-electron chi connectivity index (χ4n) is 2.36. The molecule has 0 radical (unpaired) electrons. The molecule has 3 heterocycles. The average molecular weight is 283 g/mol. The van der Waals surface area contributed by atoms with Gasteiger partial charge < -0.3 is 9.73 Å². The summed E-state index contributed by atoms with van der Waals surface area (Å²) in [5.41, 5.74) is 0. The van der Waals surface area contributed by atoms with Gasteiger partial charge >= 0.3 is 0 Å². The fourth-order valence-corrected chi connectivity index (χ4v) is 3.38. The van der Waals surface area contributed by atoms with Gasteiger partial charge in [-0.25, -0.2) is 0 Å². The van der Waals surface area contributed by atoms with Gasteiger partial charge in [0.15, 0.2) is 5.22 Å². The van der Waals surface area contributed by atoms with Crippen LogP contribution >= 0.6 is 22.9 Å². The van der Waals surface area contributed by atoms with Crippen molar-refractivity contribution in [2.45, 2.75) is 6.04 Å². The van der Waals surface area contributed by atoms with Crippen LogP contribution in [0.25, 0.3) is 0 Å². The SMILES string of the molecule is Clc1ccc([C@@H](c2cccs2)N2CCNCC2)o1. The van der Waals surface area contributed by atoms with E-state index in [1.54, 1.807) is 11.3 Å². The van der Waals surface area contributed by atoms with Crippen molar-refractivity contribution in [1.82, 2.24) is 10.2 Å². The summed E-state index contributed by atoms with van der Waals surface area (Å²) < 4.78 is 5.63. The van der Waals surface area contributed by atoms with Crippen molar-refractivity contribution in [3.8, 4) is 0 Å². The Kier molecular flexibility index (Phi) is 3.70. The normalized spacial score (nSPS) is 18.9. The molecule has 0 bridgehead atoms. The zero-order chi connectivity index (χ0) is 12.4. The molecule has 0 saturated carbocycles. The summed E-state index contributed by atoms with van der Waals surface area (Å²) >= 11 is 7.67. The van der Waals surface area contributed by atoms with Crippen molar-refractivity contribution in [2.75, 3.05) is 26.2 Å². The molecule has 0 aliphatic carbocycles. The predicted molar refractivity (Wildman–Crippen MR) is 74.3 cm³/mol. The Balaban J connectivity index is 1.92. The number of nitrogens with zero attached hydrogens (tertiary/aromatic N) is 1. The maximum atomic E-state index is 5.91. The topological polar surface area (TPSA) is 28.4 Å². The highest BCUT2D eigenvalue weighted by Gasteiger charge is 2.27. The van der Waals surface area contributed by atoms with E-state index in [9.17, 15) is 0 Å². The molecule has 0 unspecified atom stereocenters. The molecule has 3 rings (SSSR count). The molecule has 0 aromatic carbocycles. The Morgan fingerprint density at radius 1 is 1.28 bits per heavy atom. The average Bonchev–Trinajstić information content (AvgIpc) is 3.04. The number of rotatable bonds is 3. The second-order valence-electron chi connectivity index (χ2n) is 4.35. The zero-order valence-electron chi connectivity index (χ0n) is 9.93. The van der Waals surface area contributed by atoms with Crippen LogP contribution in [0.15, 0.2) is 34.1 Å². The van der Waals surface area contributed by atoms with E-state index in [-0.39, 0.29) is 6.04 Å². The first-order chi connectivity index (χ1) is 8.84. The first-order valence-electron chi connectivity index (χ1n) is 6.08. The third-order valence-electron chi connectivity index (χ3n) is 3.19. The van der Waals surface area contributed by atoms with Crippen molar-refractivity contribution in [2.24, 2.45) is 0 Å². The predicted octanol–water partition coefficient (Wildman–Crippen LogP) is 2.99. The molecule has 1 aliphatic rings. The summed E-state index contributed by atoms with van der Waals surface area (Å²) in [6.07, 6.45) is 0. The van der Waals surface area contributed by atoms with Crippen molar-refractivity contribution >= 4 is 22.9 Å². The summed E-state index contributed by atoms with van der Waals surface area (Å²) in [5, 5.41) is 5.94. The largest absolute Gasteiger partial charge is 0.448 e. The monoisotopic (exact) mass is 282 g/mol. The van der Waals surface area contributed by atoms with Crippen molar-refractivity contribution in [3.63, 3.8) is 0 Å². The van der Waals surface area contributed by atoms with Crippen LogP contribution in [-0.4, -0.2) is 31.1 Å². The van der Waals surface area contributed by atoms with Crippen molar-refractivity contribution < 1.29 is 4.42 Å². The van der Waals surface area contributed by atoms with Crippen LogP contribution in [0.4, 0.5) is 0 Å². The molecule has 1 atom stereocenters. The standard InChI is InChI=1S/C13H15ClN2OS/c14-12-4-3-10(17-12)13(11-2-1-9-18-11)16-7-5-15-6-8-16/h1-4,9,13,15H,5-8H2/t13-/m0/s1. The fraction of sp³-hybridized carbons (Fsp3) is 0.385. The van der Waals surface area contributed by atoms with Gasteiger partial charge in [0.1, 0.15) is 11.8 Å². The molecular weight excluding hydrogens is 268 g/mol. The summed E-state index contributed by atoms with van der Waals surface area (Å²) in [4.78, 5) is 3.75. The van der Waals surface area contributed by atoms with Crippen molar-refractivity contribution in [1.29, 1.82) is 0 Å². The lowest BCUT2D eigenvalue weighted by molar-refractivity contribution is 0.182. The molecule has 1 saturated heterocycles. The molecule has 18 heavy (non-hydrogen) atoms. The second kappa shape index (κ2) is 5.45. The summed E-state index contributed by atoms with van der Waals surface area (Å²) in [6.45, 7) is 4.11. The first kappa shape index (κ1) is 12.2. The van der Waals surface area contributed by atoms with Gasteiger partial charge in [0, 0.05) is 31.1 Å². The lowest BCUT2D eigenvalue weighted by Crippen LogP contribution is -2.45. The number of hydrogen-bond acceptors (Lipinski definition) is 4. The number of thiophene rings is 1. The Labute approximate surface area is 115 Å². The number of nitrogens with one attached hydrogen (secondary N) is 1. The molecule has 1 aliphatic heterocycles. The highest BCUT2D eigenvalue weighted by atomic mass is 35.5.